The topological polar surface area (TPSA) is 57.4 Å². The Bertz CT molecular complexity index is 943. The minimum Gasteiger partial charge on any atom is -0.484 e. The highest BCUT2D eigenvalue weighted by atomic mass is 32.2. The number of nitrogens with one attached hydrogen (secondary N) is 1. The number of anilines is 1. The first-order valence-electron chi connectivity index (χ1n) is 8.68. The Balaban J connectivity index is 1.50. The monoisotopic (exact) mass is 405 g/mol. The normalized spacial score (nSPS) is 15.8. The van der Waals surface area contributed by atoms with Crippen LogP contribution in [0.25, 0.3) is 0 Å². The first kappa shape index (κ1) is 20.1. The molecule has 0 aliphatic carbocycles. The maximum Gasteiger partial charge on any atom is 0.202 e. The number of nitriles is 1. The van der Waals surface area contributed by atoms with Crippen LogP contribution in [0.4, 0.5) is 18.9 Å². The van der Waals surface area contributed by atoms with E-state index in [-0.39, 0.29) is 29.8 Å². The van der Waals surface area contributed by atoms with Crippen molar-refractivity contribution in [3.05, 3.63) is 58.9 Å². The van der Waals surface area contributed by atoms with Crippen LogP contribution < -0.4 is 10.1 Å². The lowest BCUT2D eigenvalue weighted by Crippen LogP contribution is -2.12. The number of hydrogen-bond acceptors (Lipinski definition) is 5. The van der Waals surface area contributed by atoms with Crippen molar-refractivity contribution in [3.8, 4) is 11.8 Å². The van der Waals surface area contributed by atoms with Crippen LogP contribution in [0.5, 0.6) is 5.75 Å². The highest BCUT2D eigenvalue weighted by Crippen LogP contribution is 2.25. The summed E-state index contributed by atoms with van der Waals surface area (Å²) in [6, 6.07) is 8.68. The molecule has 28 heavy (non-hydrogen) atoms. The fourth-order valence-electron chi connectivity index (χ4n) is 2.72. The lowest BCUT2D eigenvalue weighted by atomic mass is 10.2. The van der Waals surface area contributed by atoms with Gasteiger partial charge in [-0.2, -0.15) is 9.65 Å². The molecule has 1 N–H and O–H groups in total. The Morgan fingerprint density at radius 1 is 1.25 bits per heavy atom. The van der Waals surface area contributed by atoms with Crippen molar-refractivity contribution in [2.45, 2.75) is 19.4 Å². The summed E-state index contributed by atoms with van der Waals surface area (Å²) in [5.41, 5.74) is 1.37. The summed E-state index contributed by atoms with van der Waals surface area (Å²) in [4.78, 5) is 4.53. The van der Waals surface area contributed by atoms with E-state index in [9.17, 15) is 13.2 Å². The minimum absolute atomic E-state index is 0.0415. The molecule has 1 aliphatic rings. The molecule has 1 aliphatic heterocycles. The van der Waals surface area contributed by atoms with Gasteiger partial charge in [0.05, 0.1) is 11.6 Å². The van der Waals surface area contributed by atoms with Gasteiger partial charge in [-0.05, 0) is 43.2 Å². The van der Waals surface area contributed by atoms with E-state index in [1.807, 2.05) is 6.92 Å². The number of hydrogen-bond donors (Lipinski definition) is 1. The van der Waals surface area contributed by atoms with Crippen molar-refractivity contribution in [1.29, 1.82) is 5.26 Å². The fraction of sp³-hybridized carbons (Fsp3) is 0.300. The summed E-state index contributed by atoms with van der Waals surface area (Å²) in [6.07, 6.45) is 0.756. The maximum atomic E-state index is 13.9. The van der Waals surface area contributed by atoms with E-state index < -0.39 is 11.6 Å². The Kier molecular flexibility index (Phi) is 6.47. The number of halogens is 3. The first-order valence-corrected chi connectivity index (χ1v) is 9.67. The zero-order chi connectivity index (χ0) is 20.1. The molecule has 0 saturated carbocycles. The SMILES string of the molecule is Cc1ccc(F)cc1NCCC1CSC(COc2ccc(C#N)c(F)c2F)=N1. The van der Waals surface area contributed by atoms with Gasteiger partial charge in [-0.1, -0.05) is 6.07 Å². The van der Waals surface area contributed by atoms with Gasteiger partial charge in [0.15, 0.2) is 11.6 Å². The van der Waals surface area contributed by atoms with Gasteiger partial charge in [-0.3, -0.25) is 4.99 Å². The second-order valence-corrected chi connectivity index (χ2v) is 7.40. The first-order chi connectivity index (χ1) is 13.5. The van der Waals surface area contributed by atoms with Crippen molar-refractivity contribution in [1.82, 2.24) is 0 Å². The summed E-state index contributed by atoms with van der Waals surface area (Å²) in [5, 5.41) is 12.6. The Hall–Kier alpha value is -2.66. The van der Waals surface area contributed by atoms with E-state index in [0.29, 0.717) is 11.6 Å². The number of ether oxygens (including phenoxy) is 1. The van der Waals surface area contributed by atoms with Crippen molar-refractivity contribution >= 4 is 22.5 Å². The predicted molar refractivity (Wildman–Crippen MR) is 104 cm³/mol. The Labute approximate surface area is 165 Å². The number of aliphatic imine (C=N–C) groups is 1. The third-order valence-corrected chi connectivity index (χ3v) is 5.39. The fourth-order valence-corrected chi connectivity index (χ4v) is 3.72. The summed E-state index contributed by atoms with van der Waals surface area (Å²) in [7, 11) is 0. The van der Waals surface area contributed by atoms with E-state index in [4.69, 9.17) is 10.00 Å². The molecule has 0 aromatic heterocycles. The minimum atomic E-state index is -1.21. The van der Waals surface area contributed by atoms with Crippen molar-refractivity contribution < 1.29 is 17.9 Å². The molecule has 2 aromatic carbocycles. The zero-order valence-electron chi connectivity index (χ0n) is 15.1. The molecule has 0 amide bonds. The number of thioether (sulfide) groups is 1. The summed E-state index contributed by atoms with van der Waals surface area (Å²) in [5.74, 6) is -2.14. The van der Waals surface area contributed by atoms with Crippen LogP contribution in [-0.2, 0) is 0 Å². The molecule has 0 radical (unpaired) electrons. The molecular formula is C20H18F3N3OS. The molecule has 1 atom stereocenters. The van der Waals surface area contributed by atoms with Crippen LogP contribution in [0.3, 0.4) is 0 Å². The van der Waals surface area contributed by atoms with Crippen LogP contribution in [-0.4, -0.2) is 30.0 Å². The van der Waals surface area contributed by atoms with E-state index >= 15 is 0 Å². The van der Waals surface area contributed by atoms with Crippen LogP contribution in [0, 0.1) is 35.7 Å². The second-order valence-electron chi connectivity index (χ2n) is 6.30. The molecule has 0 bridgehead atoms. The number of rotatable bonds is 7. The molecule has 2 aromatic rings. The van der Waals surface area contributed by atoms with Crippen LogP contribution in [0.15, 0.2) is 35.3 Å². The van der Waals surface area contributed by atoms with Gasteiger partial charge < -0.3 is 10.1 Å². The highest BCUT2D eigenvalue weighted by molar-refractivity contribution is 8.14. The number of aryl methyl sites for hydroxylation is 1. The molecule has 0 saturated heterocycles. The van der Waals surface area contributed by atoms with Crippen molar-refractivity contribution in [3.63, 3.8) is 0 Å². The second kappa shape index (κ2) is 9.02. The smallest absolute Gasteiger partial charge is 0.202 e. The summed E-state index contributed by atoms with van der Waals surface area (Å²) in [6.45, 7) is 2.59. The van der Waals surface area contributed by atoms with E-state index in [1.165, 1.54) is 36.0 Å². The van der Waals surface area contributed by atoms with Gasteiger partial charge in [0.2, 0.25) is 5.82 Å². The average molecular weight is 405 g/mol. The quantitative estimate of drug-likeness (QED) is 0.727. The third kappa shape index (κ3) is 4.78. The largest absolute Gasteiger partial charge is 0.484 e. The maximum absolute atomic E-state index is 13.9. The van der Waals surface area contributed by atoms with Crippen LogP contribution >= 0.6 is 11.8 Å². The lowest BCUT2D eigenvalue weighted by molar-refractivity contribution is 0.344. The zero-order valence-corrected chi connectivity index (χ0v) is 16.0. The third-order valence-electron chi connectivity index (χ3n) is 4.28. The van der Waals surface area contributed by atoms with Crippen LogP contribution in [0.1, 0.15) is 17.5 Å². The lowest BCUT2D eigenvalue weighted by Gasteiger charge is -2.11. The predicted octanol–water partition coefficient (Wildman–Crippen LogP) is 4.68. The highest BCUT2D eigenvalue weighted by Gasteiger charge is 2.20. The standard InChI is InChI=1S/C20H18F3N3OS/c1-12-2-4-14(21)8-16(12)25-7-6-15-11-28-18(26-15)10-27-17-5-3-13(9-24)19(22)20(17)23/h2-5,8,15,25H,6-7,10-11H2,1H3. The van der Waals surface area contributed by atoms with Crippen molar-refractivity contribution in [2.24, 2.45) is 4.99 Å². The average Bonchev–Trinajstić information content (AvgIpc) is 3.13. The molecule has 146 valence electrons. The molecular weight excluding hydrogens is 387 g/mol. The van der Waals surface area contributed by atoms with Gasteiger partial charge in [0.1, 0.15) is 23.5 Å². The van der Waals surface area contributed by atoms with Crippen molar-refractivity contribution in [2.75, 3.05) is 24.2 Å². The van der Waals surface area contributed by atoms with Crippen LogP contribution in [0.2, 0.25) is 0 Å². The van der Waals surface area contributed by atoms with Gasteiger partial charge in [-0.15, -0.1) is 11.8 Å². The van der Waals surface area contributed by atoms with Gasteiger partial charge in [0.25, 0.3) is 0 Å². The summed E-state index contributed by atoms with van der Waals surface area (Å²) < 4.78 is 46.1. The molecule has 4 nitrogen and oxygen atoms in total. The molecule has 1 unspecified atom stereocenters. The Morgan fingerprint density at radius 2 is 2.07 bits per heavy atom. The molecule has 0 fully saturated rings. The van der Waals surface area contributed by atoms with Gasteiger partial charge in [0, 0.05) is 18.0 Å². The van der Waals surface area contributed by atoms with E-state index in [2.05, 4.69) is 10.3 Å². The Morgan fingerprint density at radius 3 is 2.86 bits per heavy atom. The van der Waals surface area contributed by atoms with Gasteiger partial charge >= 0.3 is 0 Å². The van der Waals surface area contributed by atoms with Gasteiger partial charge in [-0.25, -0.2) is 8.78 Å². The molecule has 8 heteroatoms. The summed E-state index contributed by atoms with van der Waals surface area (Å²) >= 11 is 1.51. The van der Waals surface area contributed by atoms with E-state index in [1.54, 1.807) is 12.1 Å². The number of benzene rings is 2. The molecule has 0 spiro atoms. The molecule has 1 heterocycles. The van der Waals surface area contributed by atoms with E-state index in [0.717, 1.165) is 23.4 Å². The number of nitrogens with zero attached hydrogens (tertiary/aromatic N) is 2. The molecule has 3 rings (SSSR count).